The molecule has 21 heavy (non-hydrogen) atoms. The lowest BCUT2D eigenvalue weighted by atomic mass is 10.2. The Hall–Kier alpha value is -2.35. The summed E-state index contributed by atoms with van der Waals surface area (Å²) >= 11 is 0. The number of hydrogen-bond donors (Lipinski definition) is 2. The van der Waals surface area contributed by atoms with Gasteiger partial charge in [0.05, 0.1) is 23.1 Å². The van der Waals surface area contributed by atoms with Crippen molar-refractivity contribution in [3.63, 3.8) is 0 Å². The molecule has 0 saturated heterocycles. The molecule has 2 amide bonds. The molecule has 0 radical (unpaired) electrons. The van der Waals surface area contributed by atoms with Gasteiger partial charge in [-0.3, -0.25) is 9.59 Å². The lowest BCUT2D eigenvalue weighted by Gasteiger charge is -2.07. The Balaban J connectivity index is 1.86. The van der Waals surface area contributed by atoms with E-state index < -0.39 is 0 Å². The summed E-state index contributed by atoms with van der Waals surface area (Å²) in [7, 11) is 0. The van der Waals surface area contributed by atoms with E-state index in [1.54, 1.807) is 24.3 Å². The molecule has 5 nitrogen and oxygen atoms in total. The maximum Gasteiger partial charge on any atom is 0.228 e. The summed E-state index contributed by atoms with van der Waals surface area (Å²) in [6, 6.07) is 8.88. The first kappa shape index (κ1) is 15.0. The average Bonchev–Trinajstić information content (AvgIpc) is 3.28. The molecule has 5 heteroatoms. The highest BCUT2D eigenvalue weighted by Crippen LogP contribution is 2.39. The zero-order chi connectivity index (χ0) is 15.2. The van der Waals surface area contributed by atoms with Crippen LogP contribution in [-0.4, -0.2) is 18.4 Å². The predicted molar refractivity (Wildman–Crippen MR) is 79.3 cm³/mol. The fourth-order valence-corrected chi connectivity index (χ4v) is 2.21. The number of nitrogens with one attached hydrogen (secondary N) is 2. The maximum atomic E-state index is 12.1. The smallest absolute Gasteiger partial charge is 0.228 e. The van der Waals surface area contributed by atoms with Crippen molar-refractivity contribution in [3.05, 3.63) is 29.8 Å². The molecule has 1 aliphatic rings. The Morgan fingerprint density at radius 2 is 2.00 bits per heavy atom. The number of carbonyl (C=O) groups is 2. The van der Waals surface area contributed by atoms with Gasteiger partial charge < -0.3 is 10.6 Å². The van der Waals surface area contributed by atoms with Crippen LogP contribution in [0.15, 0.2) is 24.3 Å². The van der Waals surface area contributed by atoms with Gasteiger partial charge in [-0.25, -0.2) is 0 Å². The predicted octanol–water partition coefficient (Wildman–Crippen LogP) is 2.05. The summed E-state index contributed by atoms with van der Waals surface area (Å²) < 4.78 is 0. The summed E-state index contributed by atoms with van der Waals surface area (Å²) in [6.07, 6.45) is 2.56. The van der Waals surface area contributed by atoms with Crippen molar-refractivity contribution in [2.45, 2.75) is 26.2 Å². The van der Waals surface area contributed by atoms with Crippen LogP contribution in [0.4, 0.5) is 5.69 Å². The molecular formula is C16H19N3O2. The molecule has 2 unspecified atom stereocenters. The first-order chi connectivity index (χ1) is 10.2. The zero-order valence-electron chi connectivity index (χ0n) is 12.1. The highest BCUT2D eigenvalue weighted by Gasteiger charge is 2.47. The lowest BCUT2D eigenvalue weighted by Crippen LogP contribution is -2.28. The summed E-state index contributed by atoms with van der Waals surface area (Å²) in [5, 5.41) is 14.6. The van der Waals surface area contributed by atoms with Gasteiger partial charge in [0.1, 0.15) is 6.07 Å². The van der Waals surface area contributed by atoms with Gasteiger partial charge in [0.2, 0.25) is 11.8 Å². The molecule has 110 valence electrons. The van der Waals surface area contributed by atoms with E-state index in [1.165, 1.54) is 0 Å². The normalized spacial score (nSPS) is 19.4. The van der Waals surface area contributed by atoms with Gasteiger partial charge >= 0.3 is 0 Å². The van der Waals surface area contributed by atoms with Gasteiger partial charge in [-0.1, -0.05) is 25.5 Å². The molecule has 2 N–H and O–H groups in total. The summed E-state index contributed by atoms with van der Waals surface area (Å²) in [5.74, 6) is -0.736. The van der Waals surface area contributed by atoms with E-state index in [2.05, 4.69) is 17.6 Å². The summed E-state index contributed by atoms with van der Waals surface area (Å²) in [4.78, 5) is 23.9. The second-order valence-corrected chi connectivity index (χ2v) is 5.24. The van der Waals surface area contributed by atoms with Crippen molar-refractivity contribution < 1.29 is 9.59 Å². The largest absolute Gasteiger partial charge is 0.356 e. The monoisotopic (exact) mass is 285 g/mol. The minimum Gasteiger partial charge on any atom is -0.356 e. The van der Waals surface area contributed by atoms with Crippen molar-refractivity contribution >= 4 is 17.5 Å². The fourth-order valence-electron chi connectivity index (χ4n) is 2.21. The van der Waals surface area contributed by atoms with E-state index in [4.69, 9.17) is 5.26 Å². The highest BCUT2D eigenvalue weighted by atomic mass is 16.2. The molecule has 1 aliphatic carbocycles. The van der Waals surface area contributed by atoms with Crippen LogP contribution in [0.25, 0.3) is 0 Å². The van der Waals surface area contributed by atoms with Crippen molar-refractivity contribution in [2.24, 2.45) is 11.8 Å². The molecule has 1 saturated carbocycles. The van der Waals surface area contributed by atoms with Gasteiger partial charge in [0.15, 0.2) is 0 Å². The van der Waals surface area contributed by atoms with Gasteiger partial charge in [-0.05, 0) is 25.0 Å². The lowest BCUT2D eigenvalue weighted by molar-refractivity contribution is -0.125. The number of amides is 2. The van der Waals surface area contributed by atoms with Crippen LogP contribution in [0.3, 0.4) is 0 Å². The Labute approximate surface area is 124 Å². The van der Waals surface area contributed by atoms with Crippen LogP contribution >= 0.6 is 0 Å². The fraction of sp³-hybridized carbons (Fsp3) is 0.438. The second-order valence-electron chi connectivity index (χ2n) is 5.24. The third-order valence-corrected chi connectivity index (χ3v) is 3.60. The number of nitrogens with zero attached hydrogens (tertiary/aromatic N) is 1. The number of carbonyl (C=O) groups excluding carboxylic acids is 2. The molecule has 1 fully saturated rings. The topological polar surface area (TPSA) is 82.0 Å². The SMILES string of the molecule is CCCCNC(=O)C1CC1C(=O)Nc1ccccc1C#N. The first-order valence-electron chi connectivity index (χ1n) is 7.25. The minimum atomic E-state index is -0.279. The molecule has 0 aromatic heterocycles. The summed E-state index contributed by atoms with van der Waals surface area (Å²) in [5.41, 5.74) is 0.928. The number of nitriles is 1. The molecule has 1 aromatic carbocycles. The minimum absolute atomic E-state index is 0.0443. The van der Waals surface area contributed by atoms with Crippen molar-refractivity contribution in [1.29, 1.82) is 5.26 Å². The molecular weight excluding hydrogens is 266 g/mol. The molecule has 2 atom stereocenters. The average molecular weight is 285 g/mol. The van der Waals surface area contributed by atoms with Crippen LogP contribution in [0.2, 0.25) is 0 Å². The molecule has 1 aromatic rings. The Morgan fingerprint density at radius 1 is 1.29 bits per heavy atom. The van der Waals surface area contributed by atoms with Crippen LogP contribution in [0.1, 0.15) is 31.7 Å². The van der Waals surface area contributed by atoms with Crippen molar-refractivity contribution in [3.8, 4) is 6.07 Å². The van der Waals surface area contributed by atoms with Gasteiger partial charge in [0.25, 0.3) is 0 Å². The number of anilines is 1. The van der Waals surface area contributed by atoms with Crippen LogP contribution in [0, 0.1) is 23.2 Å². The first-order valence-corrected chi connectivity index (χ1v) is 7.25. The number of benzene rings is 1. The Bertz CT molecular complexity index is 577. The van der Waals surface area contributed by atoms with Gasteiger partial charge in [-0.15, -0.1) is 0 Å². The number of hydrogen-bond acceptors (Lipinski definition) is 3. The third kappa shape index (κ3) is 3.82. The number of para-hydroxylation sites is 1. The van der Waals surface area contributed by atoms with E-state index in [-0.39, 0.29) is 23.7 Å². The highest BCUT2D eigenvalue weighted by molar-refractivity contribution is 6.00. The van der Waals surface area contributed by atoms with Crippen LogP contribution < -0.4 is 10.6 Å². The number of unbranched alkanes of at least 4 members (excludes halogenated alkanes) is 1. The quantitative estimate of drug-likeness (QED) is 0.785. The van der Waals surface area contributed by atoms with E-state index in [1.807, 2.05) is 6.07 Å². The molecule has 0 heterocycles. The Kier molecular flexibility index (Phi) is 4.94. The van der Waals surface area contributed by atoms with Crippen LogP contribution in [-0.2, 0) is 9.59 Å². The second kappa shape index (κ2) is 6.89. The number of rotatable bonds is 6. The standard InChI is InChI=1S/C16H19N3O2/c1-2-3-8-18-15(20)12-9-13(12)16(21)19-14-7-5-4-6-11(14)10-17/h4-7,12-13H,2-3,8-9H2,1H3,(H,18,20)(H,19,21). The molecule has 2 rings (SSSR count). The Morgan fingerprint density at radius 3 is 2.71 bits per heavy atom. The third-order valence-electron chi connectivity index (χ3n) is 3.60. The summed E-state index contributed by atoms with van der Waals surface area (Å²) in [6.45, 7) is 2.73. The van der Waals surface area contributed by atoms with E-state index >= 15 is 0 Å². The van der Waals surface area contributed by atoms with E-state index in [9.17, 15) is 9.59 Å². The van der Waals surface area contributed by atoms with Gasteiger partial charge in [-0.2, -0.15) is 5.26 Å². The van der Waals surface area contributed by atoms with Gasteiger partial charge in [0, 0.05) is 6.54 Å². The molecule has 0 aliphatic heterocycles. The van der Waals surface area contributed by atoms with Crippen molar-refractivity contribution in [2.75, 3.05) is 11.9 Å². The zero-order valence-corrected chi connectivity index (χ0v) is 12.1. The van der Waals surface area contributed by atoms with E-state index in [0.29, 0.717) is 24.2 Å². The molecule has 0 spiro atoms. The maximum absolute atomic E-state index is 12.1. The molecule has 0 bridgehead atoms. The van der Waals surface area contributed by atoms with E-state index in [0.717, 1.165) is 12.8 Å². The van der Waals surface area contributed by atoms with Crippen molar-refractivity contribution in [1.82, 2.24) is 5.32 Å². The van der Waals surface area contributed by atoms with Crippen LogP contribution in [0.5, 0.6) is 0 Å².